The van der Waals surface area contributed by atoms with Gasteiger partial charge in [0.1, 0.15) is 0 Å². The van der Waals surface area contributed by atoms with E-state index >= 15 is 0 Å². The highest BCUT2D eigenvalue weighted by Crippen LogP contribution is 2.20. The van der Waals surface area contributed by atoms with E-state index in [2.05, 4.69) is 27.3 Å². The molecule has 0 bridgehead atoms. The zero-order valence-electron chi connectivity index (χ0n) is 10.2. The van der Waals surface area contributed by atoms with Gasteiger partial charge in [-0.15, -0.1) is 0 Å². The molecule has 0 radical (unpaired) electrons. The number of nitrogens with two attached hydrogens (primary N) is 1. The Morgan fingerprint density at radius 2 is 1.74 bits per heavy atom. The first-order valence-electron chi connectivity index (χ1n) is 5.53. The van der Waals surface area contributed by atoms with Crippen molar-refractivity contribution in [1.29, 1.82) is 0 Å². The Morgan fingerprint density at radius 1 is 1.11 bits per heavy atom. The van der Waals surface area contributed by atoms with Gasteiger partial charge in [-0.2, -0.15) is 0 Å². The quantitative estimate of drug-likeness (QED) is 0.627. The zero-order chi connectivity index (χ0) is 14.0. The smallest absolute Gasteiger partial charge is 0.261 e. The SMILES string of the molecule is Cc1cc(NS(=O)(=O)c2ccc(I)cc2)ccc1N. The number of halogens is 1. The van der Waals surface area contributed by atoms with E-state index < -0.39 is 10.0 Å². The van der Waals surface area contributed by atoms with Crippen LogP contribution in [0.2, 0.25) is 0 Å². The first kappa shape index (κ1) is 14.1. The molecule has 0 amide bonds. The predicted molar refractivity (Wildman–Crippen MR) is 85.6 cm³/mol. The van der Waals surface area contributed by atoms with Crippen LogP contribution in [0.5, 0.6) is 0 Å². The Kier molecular flexibility index (Phi) is 4.00. The molecule has 0 aliphatic rings. The Morgan fingerprint density at radius 3 is 2.32 bits per heavy atom. The topological polar surface area (TPSA) is 72.2 Å². The average molecular weight is 388 g/mol. The van der Waals surface area contributed by atoms with Crippen LogP contribution in [0.4, 0.5) is 11.4 Å². The lowest BCUT2D eigenvalue weighted by molar-refractivity contribution is 0.601. The summed E-state index contributed by atoms with van der Waals surface area (Å²) in [6, 6.07) is 11.7. The van der Waals surface area contributed by atoms with E-state index in [-0.39, 0.29) is 4.90 Å². The Balaban J connectivity index is 2.30. The van der Waals surface area contributed by atoms with E-state index in [1.807, 2.05) is 6.92 Å². The maximum Gasteiger partial charge on any atom is 0.261 e. The number of aryl methyl sites for hydroxylation is 1. The van der Waals surface area contributed by atoms with Gasteiger partial charge in [-0.25, -0.2) is 8.42 Å². The molecular formula is C13H13IN2O2S. The third-order valence-corrected chi connectivity index (χ3v) is 4.76. The van der Waals surface area contributed by atoms with Crippen LogP contribution in [-0.4, -0.2) is 8.42 Å². The molecule has 100 valence electrons. The van der Waals surface area contributed by atoms with Crippen molar-refractivity contribution in [3.63, 3.8) is 0 Å². The molecule has 0 aromatic heterocycles. The van der Waals surface area contributed by atoms with Crippen LogP contribution in [0.15, 0.2) is 47.4 Å². The van der Waals surface area contributed by atoms with Crippen LogP contribution < -0.4 is 10.5 Å². The van der Waals surface area contributed by atoms with Crippen molar-refractivity contribution in [3.05, 3.63) is 51.6 Å². The van der Waals surface area contributed by atoms with Crippen molar-refractivity contribution in [3.8, 4) is 0 Å². The Labute approximate surface area is 126 Å². The molecule has 19 heavy (non-hydrogen) atoms. The van der Waals surface area contributed by atoms with Crippen LogP contribution in [0.1, 0.15) is 5.56 Å². The number of rotatable bonds is 3. The van der Waals surface area contributed by atoms with Gasteiger partial charge < -0.3 is 5.73 Å². The second kappa shape index (κ2) is 5.38. The van der Waals surface area contributed by atoms with Crippen LogP contribution >= 0.6 is 22.6 Å². The number of benzene rings is 2. The number of nitrogens with one attached hydrogen (secondary N) is 1. The fourth-order valence-electron chi connectivity index (χ4n) is 1.57. The minimum Gasteiger partial charge on any atom is -0.399 e. The molecule has 0 saturated carbocycles. The summed E-state index contributed by atoms with van der Waals surface area (Å²) in [5.74, 6) is 0. The maximum atomic E-state index is 12.2. The van der Waals surface area contributed by atoms with Crippen LogP contribution in [0, 0.1) is 10.5 Å². The third kappa shape index (κ3) is 3.38. The van der Waals surface area contributed by atoms with Gasteiger partial charge in [-0.05, 0) is 77.5 Å². The first-order valence-corrected chi connectivity index (χ1v) is 8.09. The predicted octanol–water partition coefficient (Wildman–Crippen LogP) is 2.98. The van der Waals surface area contributed by atoms with Crippen molar-refractivity contribution in [2.75, 3.05) is 10.5 Å². The number of hydrogen-bond donors (Lipinski definition) is 2. The molecule has 0 spiro atoms. The summed E-state index contributed by atoms with van der Waals surface area (Å²) < 4.78 is 27.9. The maximum absolute atomic E-state index is 12.2. The lowest BCUT2D eigenvalue weighted by Gasteiger charge is -2.09. The van der Waals surface area contributed by atoms with Crippen molar-refractivity contribution in [2.24, 2.45) is 0 Å². The van der Waals surface area contributed by atoms with Gasteiger partial charge in [-0.1, -0.05) is 0 Å². The largest absolute Gasteiger partial charge is 0.399 e. The van der Waals surface area contributed by atoms with Gasteiger partial charge in [0.05, 0.1) is 4.90 Å². The Hall–Kier alpha value is -1.28. The van der Waals surface area contributed by atoms with E-state index in [4.69, 9.17) is 5.73 Å². The van der Waals surface area contributed by atoms with E-state index in [9.17, 15) is 8.42 Å². The van der Waals surface area contributed by atoms with E-state index in [0.29, 0.717) is 11.4 Å². The van der Waals surface area contributed by atoms with Crippen molar-refractivity contribution >= 4 is 44.0 Å². The molecular weight excluding hydrogens is 375 g/mol. The van der Waals surface area contributed by atoms with Gasteiger partial charge in [-0.3, -0.25) is 4.72 Å². The Bertz CT molecular complexity index is 697. The second-order valence-corrected chi connectivity index (χ2v) is 7.06. The van der Waals surface area contributed by atoms with E-state index in [1.165, 1.54) is 0 Å². The van der Waals surface area contributed by atoms with Gasteiger partial charge in [0.2, 0.25) is 0 Å². The molecule has 0 fully saturated rings. The second-order valence-electron chi connectivity index (χ2n) is 4.13. The fourth-order valence-corrected chi connectivity index (χ4v) is 2.98. The first-order chi connectivity index (χ1) is 8.88. The molecule has 4 nitrogen and oxygen atoms in total. The summed E-state index contributed by atoms with van der Waals surface area (Å²) in [6.45, 7) is 1.83. The van der Waals surface area contributed by atoms with Gasteiger partial charge in [0.25, 0.3) is 10.0 Å². The lowest BCUT2D eigenvalue weighted by atomic mass is 10.2. The molecule has 0 atom stereocenters. The summed E-state index contributed by atoms with van der Waals surface area (Å²) in [5.41, 5.74) is 7.68. The molecule has 2 aromatic carbocycles. The highest BCUT2D eigenvalue weighted by molar-refractivity contribution is 14.1. The molecule has 2 aromatic rings. The van der Waals surface area contributed by atoms with Crippen molar-refractivity contribution in [2.45, 2.75) is 11.8 Å². The zero-order valence-corrected chi connectivity index (χ0v) is 13.2. The van der Waals surface area contributed by atoms with Crippen molar-refractivity contribution < 1.29 is 8.42 Å². The van der Waals surface area contributed by atoms with Gasteiger partial charge in [0, 0.05) is 14.9 Å². The highest BCUT2D eigenvalue weighted by atomic mass is 127. The molecule has 0 saturated heterocycles. The number of anilines is 2. The fraction of sp³-hybridized carbons (Fsp3) is 0.0769. The summed E-state index contributed by atoms with van der Waals surface area (Å²) in [5, 5.41) is 0. The molecule has 0 unspecified atom stereocenters. The molecule has 2 rings (SSSR count). The summed E-state index contributed by atoms with van der Waals surface area (Å²) >= 11 is 2.13. The minimum absolute atomic E-state index is 0.238. The molecule has 0 aliphatic carbocycles. The van der Waals surface area contributed by atoms with E-state index in [1.54, 1.807) is 42.5 Å². The van der Waals surface area contributed by atoms with Crippen LogP contribution in [0.3, 0.4) is 0 Å². The van der Waals surface area contributed by atoms with Crippen LogP contribution in [-0.2, 0) is 10.0 Å². The summed E-state index contributed by atoms with van der Waals surface area (Å²) in [6.07, 6.45) is 0. The minimum atomic E-state index is -3.55. The molecule has 0 aliphatic heterocycles. The molecule has 6 heteroatoms. The monoisotopic (exact) mass is 388 g/mol. The highest BCUT2D eigenvalue weighted by Gasteiger charge is 2.14. The van der Waals surface area contributed by atoms with Crippen LogP contribution in [0.25, 0.3) is 0 Å². The summed E-state index contributed by atoms with van der Waals surface area (Å²) in [4.78, 5) is 0.238. The normalized spacial score (nSPS) is 11.3. The molecule has 0 heterocycles. The van der Waals surface area contributed by atoms with E-state index in [0.717, 1.165) is 9.13 Å². The molecule has 3 N–H and O–H groups in total. The van der Waals surface area contributed by atoms with Gasteiger partial charge >= 0.3 is 0 Å². The summed E-state index contributed by atoms with van der Waals surface area (Å²) in [7, 11) is -3.55. The standard InChI is InChI=1S/C13H13IN2O2S/c1-9-8-11(4-7-13(9)15)16-19(17,18)12-5-2-10(14)3-6-12/h2-8,16H,15H2,1H3. The lowest BCUT2D eigenvalue weighted by Crippen LogP contribution is -2.13. The average Bonchev–Trinajstić information content (AvgIpc) is 2.34. The van der Waals surface area contributed by atoms with Gasteiger partial charge in [0.15, 0.2) is 0 Å². The number of nitrogen functional groups attached to an aromatic ring is 1. The van der Waals surface area contributed by atoms with Crippen molar-refractivity contribution in [1.82, 2.24) is 0 Å². The number of sulfonamides is 1. The third-order valence-electron chi connectivity index (χ3n) is 2.65. The number of hydrogen-bond acceptors (Lipinski definition) is 3.